The van der Waals surface area contributed by atoms with Gasteiger partial charge in [0.2, 0.25) is 5.91 Å². The van der Waals surface area contributed by atoms with Gasteiger partial charge in [-0.1, -0.05) is 29.5 Å². The third kappa shape index (κ3) is 2.81. The molecule has 2 atom stereocenters. The van der Waals surface area contributed by atoms with E-state index in [9.17, 15) is 4.79 Å². The molecule has 0 aliphatic carbocycles. The Kier molecular flexibility index (Phi) is 3.98. The maximum Gasteiger partial charge on any atom is 0.236 e. The van der Waals surface area contributed by atoms with Crippen LogP contribution < -0.4 is 0 Å². The average Bonchev–Trinajstić information content (AvgIpc) is 3.17. The Bertz CT molecular complexity index is 820. The van der Waals surface area contributed by atoms with Crippen molar-refractivity contribution in [2.24, 2.45) is 0 Å². The zero-order valence-corrected chi connectivity index (χ0v) is 14.8. The van der Waals surface area contributed by atoms with Crippen LogP contribution in [0, 0.1) is 0 Å². The molecular formula is C19H23N5O2. The summed E-state index contributed by atoms with van der Waals surface area (Å²) in [5, 5.41) is 8.21. The summed E-state index contributed by atoms with van der Waals surface area (Å²) in [6.45, 7) is 4.27. The maximum atomic E-state index is 12.9. The molecule has 2 aromatic rings. The number of aromatic nitrogens is 3. The molecular weight excluding hydrogens is 330 g/mol. The molecule has 3 aliphatic heterocycles. The summed E-state index contributed by atoms with van der Waals surface area (Å²) in [6, 6.07) is 8.62. The third-order valence-corrected chi connectivity index (χ3v) is 5.85. The van der Waals surface area contributed by atoms with Crippen LogP contribution in [-0.4, -0.2) is 63.0 Å². The van der Waals surface area contributed by atoms with E-state index in [-0.39, 0.29) is 18.1 Å². The molecule has 1 aromatic carbocycles. The van der Waals surface area contributed by atoms with Gasteiger partial charge in [-0.25, -0.2) is 4.68 Å². The van der Waals surface area contributed by atoms with Gasteiger partial charge >= 0.3 is 0 Å². The number of nitrogens with zero attached hydrogens (tertiary/aromatic N) is 5. The van der Waals surface area contributed by atoms with Crippen LogP contribution in [0.25, 0.3) is 0 Å². The monoisotopic (exact) mass is 353 g/mol. The SMILES string of the molecule is O=C(CN1CCc2ccccc2C1)N1CC[C@@H]2OCc3cnnn3[C@@H]2C1. The van der Waals surface area contributed by atoms with Crippen LogP contribution in [0.1, 0.15) is 29.3 Å². The minimum Gasteiger partial charge on any atom is -0.370 e. The number of rotatable bonds is 2. The lowest BCUT2D eigenvalue weighted by molar-refractivity contribution is -0.139. The van der Waals surface area contributed by atoms with Crippen molar-refractivity contribution in [3.8, 4) is 0 Å². The predicted molar refractivity (Wildman–Crippen MR) is 94.3 cm³/mol. The fraction of sp³-hybridized carbons (Fsp3) is 0.526. The number of carbonyl (C=O) groups excluding carboxylic acids is 1. The molecule has 0 spiro atoms. The van der Waals surface area contributed by atoms with E-state index in [0.717, 1.165) is 38.2 Å². The Morgan fingerprint density at radius 1 is 1.23 bits per heavy atom. The molecule has 7 heteroatoms. The van der Waals surface area contributed by atoms with E-state index >= 15 is 0 Å². The van der Waals surface area contributed by atoms with Crippen LogP contribution in [0.5, 0.6) is 0 Å². The van der Waals surface area contributed by atoms with Crippen LogP contribution in [-0.2, 0) is 29.1 Å². The van der Waals surface area contributed by atoms with E-state index in [0.29, 0.717) is 19.7 Å². The average molecular weight is 353 g/mol. The maximum absolute atomic E-state index is 12.9. The fourth-order valence-electron chi connectivity index (χ4n) is 4.39. The van der Waals surface area contributed by atoms with Gasteiger partial charge in [0.05, 0.1) is 37.2 Å². The Labute approximate surface area is 152 Å². The molecule has 0 N–H and O–H groups in total. The number of hydrogen-bond donors (Lipinski definition) is 0. The molecule has 0 radical (unpaired) electrons. The van der Waals surface area contributed by atoms with Crippen LogP contribution in [0.2, 0.25) is 0 Å². The predicted octanol–water partition coefficient (Wildman–Crippen LogP) is 1.01. The van der Waals surface area contributed by atoms with Crippen molar-refractivity contribution in [2.75, 3.05) is 26.2 Å². The Morgan fingerprint density at radius 2 is 2.12 bits per heavy atom. The van der Waals surface area contributed by atoms with Crippen molar-refractivity contribution >= 4 is 5.91 Å². The summed E-state index contributed by atoms with van der Waals surface area (Å²) < 4.78 is 7.88. The van der Waals surface area contributed by atoms with Gasteiger partial charge in [0.25, 0.3) is 0 Å². The minimum atomic E-state index is 0.0843. The first-order chi connectivity index (χ1) is 12.8. The summed E-state index contributed by atoms with van der Waals surface area (Å²) in [4.78, 5) is 17.1. The van der Waals surface area contributed by atoms with E-state index in [1.807, 2.05) is 9.58 Å². The van der Waals surface area contributed by atoms with Gasteiger partial charge in [0, 0.05) is 26.2 Å². The molecule has 1 aromatic heterocycles. The van der Waals surface area contributed by atoms with Crippen LogP contribution in [0.4, 0.5) is 0 Å². The van der Waals surface area contributed by atoms with Crippen molar-refractivity contribution in [3.05, 3.63) is 47.3 Å². The first kappa shape index (κ1) is 16.0. The Hall–Kier alpha value is -2.25. The highest BCUT2D eigenvalue weighted by Gasteiger charge is 2.38. The second-order valence-electron chi connectivity index (χ2n) is 7.44. The zero-order valence-electron chi connectivity index (χ0n) is 14.8. The van der Waals surface area contributed by atoms with E-state index in [4.69, 9.17) is 4.74 Å². The molecule has 1 fully saturated rings. The number of hydrogen-bond acceptors (Lipinski definition) is 5. The molecule has 0 bridgehead atoms. The summed E-state index contributed by atoms with van der Waals surface area (Å²) in [5.41, 5.74) is 3.75. The molecule has 136 valence electrons. The van der Waals surface area contributed by atoms with Crippen molar-refractivity contribution in [2.45, 2.75) is 38.1 Å². The first-order valence-corrected chi connectivity index (χ1v) is 9.35. The normalized spacial score (nSPS) is 25.3. The second-order valence-corrected chi connectivity index (χ2v) is 7.44. The number of amides is 1. The molecule has 0 saturated carbocycles. The number of ether oxygens (including phenoxy) is 1. The van der Waals surface area contributed by atoms with Crippen molar-refractivity contribution in [1.82, 2.24) is 24.8 Å². The molecule has 3 aliphatic rings. The quantitative estimate of drug-likeness (QED) is 0.806. The van der Waals surface area contributed by atoms with Crippen molar-refractivity contribution in [1.29, 1.82) is 0 Å². The number of benzene rings is 1. The lowest BCUT2D eigenvalue weighted by Gasteiger charge is -2.41. The van der Waals surface area contributed by atoms with E-state index in [1.165, 1.54) is 11.1 Å². The summed E-state index contributed by atoms with van der Waals surface area (Å²) in [6.07, 6.45) is 3.76. The van der Waals surface area contributed by atoms with Gasteiger partial charge in [0.15, 0.2) is 0 Å². The molecule has 26 heavy (non-hydrogen) atoms. The number of carbonyl (C=O) groups is 1. The fourth-order valence-corrected chi connectivity index (χ4v) is 4.39. The lowest BCUT2D eigenvalue weighted by atomic mass is 9.99. The molecule has 0 unspecified atom stereocenters. The van der Waals surface area contributed by atoms with Crippen LogP contribution in [0.3, 0.4) is 0 Å². The molecule has 5 rings (SSSR count). The number of likely N-dealkylation sites (tertiary alicyclic amines) is 1. The highest BCUT2D eigenvalue weighted by atomic mass is 16.5. The topological polar surface area (TPSA) is 63.5 Å². The molecule has 1 amide bonds. The standard InChI is InChI=1S/C19H23N5O2/c25-19(12-22-7-5-14-3-1-2-4-15(14)10-22)23-8-6-18-17(11-23)24-16(13-26-18)9-20-21-24/h1-4,9,17-18H,5-8,10-13H2/t17-,18+/m1/s1. The smallest absolute Gasteiger partial charge is 0.236 e. The Morgan fingerprint density at radius 3 is 3.04 bits per heavy atom. The van der Waals surface area contributed by atoms with Gasteiger partial charge in [0.1, 0.15) is 0 Å². The number of fused-ring (bicyclic) bond motifs is 4. The van der Waals surface area contributed by atoms with Crippen molar-refractivity contribution < 1.29 is 9.53 Å². The second kappa shape index (κ2) is 6.48. The van der Waals surface area contributed by atoms with Gasteiger partial charge in [-0.3, -0.25) is 9.69 Å². The summed E-state index contributed by atoms with van der Waals surface area (Å²) in [5.74, 6) is 0.204. The van der Waals surface area contributed by atoms with E-state index < -0.39 is 0 Å². The zero-order chi connectivity index (χ0) is 17.5. The van der Waals surface area contributed by atoms with Gasteiger partial charge in [-0.05, 0) is 24.0 Å². The van der Waals surface area contributed by atoms with Gasteiger partial charge in [-0.2, -0.15) is 0 Å². The minimum absolute atomic E-state index is 0.0843. The Balaban J connectivity index is 1.25. The third-order valence-electron chi connectivity index (χ3n) is 5.85. The highest BCUT2D eigenvalue weighted by molar-refractivity contribution is 5.78. The molecule has 4 heterocycles. The lowest BCUT2D eigenvalue weighted by Crippen LogP contribution is -2.52. The van der Waals surface area contributed by atoms with Crippen molar-refractivity contribution in [3.63, 3.8) is 0 Å². The van der Waals surface area contributed by atoms with E-state index in [2.05, 4.69) is 39.5 Å². The largest absolute Gasteiger partial charge is 0.370 e. The molecule has 7 nitrogen and oxygen atoms in total. The molecule has 1 saturated heterocycles. The van der Waals surface area contributed by atoms with Crippen LogP contribution in [0.15, 0.2) is 30.5 Å². The van der Waals surface area contributed by atoms with Crippen LogP contribution >= 0.6 is 0 Å². The van der Waals surface area contributed by atoms with Gasteiger partial charge < -0.3 is 9.64 Å². The first-order valence-electron chi connectivity index (χ1n) is 9.35. The summed E-state index contributed by atoms with van der Waals surface area (Å²) >= 11 is 0. The van der Waals surface area contributed by atoms with E-state index in [1.54, 1.807) is 6.20 Å². The summed E-state index contributed by atoms with van der Waals surface area (Å²) in [7, 11) is 0. The highest BCUT2D eigenvalue weighted by Crippen LogP contribution is 2.30. The number of piperidine rings is 1. The van der Waals surface area contributed by atoms with Gasteiger partial charge in [-0.15, -0.1) is 5.10 Å².